The van der Waals surface area contributed by atoms with Crippen molar-refractivity contribution in [1.82, 2.24) is 19.3 Å². The third-order valence-corrected chi connectivity index (χ3v) is 4.91. The summed E-state index contributed by atoms with van der Waals surface area (Å²) in [7, 11) is 3.01. The van der Waals surface area contributed by atoms with Gasteiger partial charge in [-0.15, -0.1) is 0 Å². The molecule has 0 saturated heterocycles. The van der Waals surface area contributed by atoms with E-state index in [0.29, 0.717) is 28.3 Å². The summed E-state index contributed by atoms with van der Waals surface area (Å²) in [6.45, 7) is 1.61. The molecule has 0 amide bonds. The second kappa shape index (κ2) is 8.50. The van der Waals surface area contributed by atoms with E-state index in [1.165, 1.54) is 44.8 Å². The average molecular weight is 438 g/mol. The lowest BCUT2D eigenvalue weighted by molar-refractivity contribution is 0.354. The monoisotopic (exact) mass is 438 g/mol. The Labute approximate surface area is 181 Å². The van der Waals surface area contributed by atoms with E-state index >= 15 is 0 Å². The van der Waals surface area contributed by atoms with Gasteiger partial charge in [0, 0.05) is 12.4 Å². The summed E-state index contributed by atoms with van der Waals surface area (Å²) in [5, 5.41) is 3.94. The fourth-order valence-corrected chi connectivity index (χ4v) is 3.30. The molecule has 4 rings (SSSR count). The highest BCUT2D eigenvalue weighted by molar-refractivity contribution is 5.68. The van der Waals surface area contributed by atoms with Crippen LogP contribution in [0.4, 0.5) is 4.39 Å². The predicted molar refractivity (Wildman–Crippen MR) is 113 cm³/mol. The highest BCUT2D eigenvalue weighted by Gasteiger charge is 2.18. The molecule has 0 atom stereocenters. The number of aromatic nitrogens is 4. The maximum Gasteiger partial charge on any atom is 0.320 e. The Bertz CT molecular complexity index is 1410. The van der Waals surface area contributed by atoms with E-state index in [0.717, 1.165) is 9.13 Å². The molecule has 0 N–H and O–H groups in total. The van der Waals surface area contributed by atoms with Gasteiger partial charge in [0.2, 0.25) is 11.7 Å². The number of ether oxygens (including phenoxy) is 2. The molecule has 164 valence electrons. The number of nitrogens with zero attached hydrogens (tertiary/aromatic N) is 4. The van der Waals surface area contributed by atoms with Crippen molar-refractivity contribution in [3.8, 4) is 28.6 Å². The fourth-order valence-electron chi connectivity index (χ4n) is 3.30. The van der Waals surface area contributed by atoms with Gasteiger partial charge in [-0.1, -0.05) is 17.3 Å². The first-order valence-electron chi connectivity index (χ1n) is 9.55. The number of para-hydroxylation sites is 1. The van der Waals surface area contributed by atoms with Crippen molar-refractivity contribution < 1.29 is 18.4 Å². The van der Waals surface area contributed by atoms with E-state index < -0.39 is 16.9 Å². The van der Waals surface area contributed by atoms with Crippen molar-refractivity contribution in [3.63, 3.8) is 0 Å². The van der Waals surface area contributed by atoms with Crippen molar-refractivity contribution in [2.45, 2.75) is 13.5 Å². The van der Waals surface area contributed by atoms with Gasteiger partial charge in [0.15, 0.2) is 11.5 Å². The van der Waals surface area contributed by atoms with Crippen molar-refractivity contribution in [2.24, 2.45) is 0 Å². The average Bonchev–Trinajstić information content (AvgIpc) is 3.26. The Morgan fingerprint density at radius 3 is 2.62 bits per heavy atom. The molecule has 2 heterocycles. The van der Waals surface area contributed by atoms with Gasteiger partial charge in [0.1, 0.15) is 12.4 Å². The molecule has 0 aliphatic carbocycles. The van der Waals surface area contributed by atoms with Gasteiger partial charge in [-0.3, -0.25) is 18.7 Å². The van der Waals surface area contributed by atoms with Gasteiger partial charge in [0.05, 0.1) is 25.5 Å². The van der Waals surface area contributed by atoms with Crippen LogP contribution < -0.4 is 20.6 Å². The standard InChI is InChI=1S/C22H19FN4O5/c1-13-7-8-14(23)11-16(13)27-10-9-26(21(28)22(27)29)12-18-24-20(25-32-18)15-5-4-6-17(30-2)19(15)31-3/h4-11H,12H2,1-3H3. The zero-order valence-corrected chi connectivity index (χ0v) is 17.5. The molecule has 0 spiro atoms. The highest BCUT2D eigenvalue weighted by atomic mass is 19.1. The molecular weight excluding hydrogens is 419 g/mol. The van der Waals surface area contributed by atoms with Crippen LogP contribution in [0, 0.1) is 12.7 Å². The van der Waals surface area contributed by atoms with Gasteiger partial charge >= 0.3 is 11.1 Å². The molecule has 0 bridgehead atoms. The smallest absolute Gasteiger partial charge is 0.320 e. The Morgan fingerprint density at radius 1 is 1.06 bits per heavy atom. The summed E-state index contributed by atoms with van der Waals surface area (Å²) in [4.78, 5) is 29.6. The van der Waals surface area contributed by atoms with Crippen molar-refractivity contribution >= 4 is 0 Å². The Balaban J connectivity index is 1.67. The first-order chi connectivity index (χ1) is 15.4. The summed E-state index contributed by atoms with van der Waals surface area (Å²) in [5.41, 5.74) is -0.139. The first kappa shape index (κ1) is 21.0. The number of benzene rings is 2. The van der Waals surface area contributed by atoms with Crippen molar-refractivity contribution in [3.05, 3.63) is 86.8 Å². The van der Waals surface area contributed by atoms with E-state index in [1.54, 1.807) is 25.1 Å². The lowest BCUT2D eigenvalue weighted by Crippen LogP contribution is -2.40. The summed E-state index contributed by atoms with van der Waals surface area (Å²) >= 11 is 0. The topological polar surface area (TPSA) is 101 Å². The number of rotatable bonds is 6. The number of hydrogen-bond donors (Lipinski definition) is 0. The van der Waals surface area contributed by atoms with Gasteiger partial charge in [-0.2, -0.15) is 4.98 Å². The van der Waals surface area contributed by atoms with Crippen LogP contribution in [0.25, 0.3) is 17.1 Å². The lowest BCUT2D eigenvalue weighted by atomic mass is 10.1. The summed E-state index contributed by atoms with van der Waals surface area (Å²) in [5.74, 6) is 0.794. The Kier molecular flexibility index (Phi) is 5.59. The maximum atomic E-state index is 13.6. The maximum absolute atomic E-state index is 13.6. The quantitative estimate of drug-likeness (QED) is 0.427. The third kappa shape index (κ3) is 3.78. The summed E-state index contributed by atoms with van der Waals surface area (Å²) < 4.78 is 31.8. The molecule has 0 saturated carbocycles. The van der Waals surface area contributed by atoms with Crippen molar-refractivity contribution in [1.29, 1.82) is 0 Å². The minimum absolute atomic E-state index is 0.115. The molecule has 0 aliphatic rings. The molecule has 4 aromatic rings. The Morgan fingerprint density at radius 2 is 1.88 bits per heavy atom. The van der Waals surface area contributed by atoms with Crippen LogP contribution >= 0.6 is 0 Å². The molecule has 0 aliphatic heterocycles. The predicted octanol–water partition coefficient (Wildman–Crippen LogP) is 2.56. The number of methoxy groups -OCH3 is 2. The Hall–Kier alpha value is -4.21. The number of aryl methyl sites for hydroxylation is 1. The van der Waals surface area contributed by atoms with Gasteiger partial charge in [-0.05, 0) is 36.8 Å². The molecule has 9 nitrogen and oxygen atoms in total. The molecule has 0 fully saturated rings. The molecule has 10 heteroatoms. The zero-order chi connectivity index (χ0) is 22.8. The lowest BCUT2D eigenvalue weighted by Gasteiger charge is -2.10. The number of halogens is 1. The third-order valence-electron chi connectivity index (χ3n) is 4.91. The molecule has 0 unspecified atom stereocenters. The van der Waals surface area contributed by atoms with Crippen molar-refractivity contribution in [2.75, 3.05) is 14.2 Å². The first-order valence-corrected chi connectivity index (χ1v) is 9.55. The molecule has 2 aromatic carbocycles. The van der Waals surface area contributed by atoms with Crippen LogP contribution in [0.5, 0.6) is 11.5 Å². The van der Waals surface area contributed by atoms with Crippen LogP contribution in [0.1, 0.15) is 11.5 Å². The summed E-state index contributed by atoms with van der Waals surface area (Å²) in [6, 6.07) is 9.26. The second-order valence-electron chi connectivity index (χ2n) is 6.89. The fraction of sp³-hybridized carbons (Fsp3) is 0.182. The van der Waals surface area contributed by atoms with E-state index in [2.05, 4.69) is 10.1 Å². The minimum atomic E-state index is -0.824. The molecule has 0 radical (unpaired) electrons. The molecular formula is C22H19FN4O5. The normalized spacial score (nSPS) is 10.9. The largest absolute Gasteiger partial charge is 0.493 e. The van der Waals surface area contributed by atoms with Crippen LogP contribution in [0.15, 0.2) is 62.9 Å². The zero-order valence-electron chi connectivity index (χ0n) is 17.5. The molecule has 32 heavy (non-hydrogen) atoms. The van der Waals surface area contributed by atoms with Crippen LogP contribution in [0.2, 0.25) is 0 Å². The number of hydrogen-bond acceptors (Lipinski definition) is 7. The van der Waals surface area contributed by atoms with E-state index in [4.69, 9.17) is 14.0 Å². The second-order valence-corrected chi connectivity index (χ2v) is 6.89. The molecule has 2 aromatic heterocycles. The highest BCUT2D eigenvalue weighted by Crippen LogP contribution is 2.36. The SMILES string of the molecule is COc1cccc(-c2noc(Cn3ccn(-c4cc(F)ccc4C)c(=O)c3=O)n2)c1OC. The van der Waals surface area contributed by atoms with E-state index in [-0.39, 0.29) is 18.3 Å². The summed E-state index contributed by atoms with van der Waals surface area (Å²) in [6.07, 6.45) is 2.80. The van der Waals surface area contributed by atoms with Crippen LogP contribution in [0.3, 0.4) is 0 Å². The van der Waals surface area contributed by atoms with Crippen LogP contribution in [-0.2, 0) is 6.54 Å². The van der Waals surface area contributed by atoms with Gasteiger partial charge in [0.25, 0.3) is 0 Å². The van der Waals surface area contributed by atoms with E-state index in [1.807, 2.05) is 0 Å². The van der Waals surface area contributed by atoms with Gasteiger partial charge in [-0.25, -0.2) is 4.39 Å². The van der Waals surface area contributed by atoms with Crippen LogP contribution in [-0.4, -0.2) is 33.5 Å². The van der Waals surface area contributed by atoms with E-state index in [9.17, 15) is 14.0 Å². The van der Waals surface area contributed by atoms with Gasteiger partial charge < -0.3 is 14.0 Å². The minimum Gasteiger partial charge on any atom is -0.493 e.